The molecule has 0 spiro atoms. The third kappa shape index (κ3) is 3.43. The summed E-state index contributed by atoms with van der Waals surface area (Å²) in [7, 11) is 3.59. The van der Waals surface area contributed by atoms with E-state index in [-0.39, 0.29) is 11.4 Å². The molecule has 1 aliphatic heterocycles. The molecule has 0 aliphatic carbocycles. The highest BCUT2D eigenvalue weighted by atomic mass is 35.5. The van der Waals surface area contributed by atoms with Crippen molar-refractivity contribution < 1.29 is 9.13 Å². The van der Waals surface area contributed by atoms with Crippen LogP contribution < -0.4 is 9.64 Å². The fourth-order valence-electron chi connectivity index (χ4n) is 3.61. The lowest BCUT2D eigenvalue weighted by molar-refractivity contribution is 0.394. The van der Waals surface area contributed by atoms with Crippen molar-refractivity contribution in [2.24, 2.45) is 4.99 Å². The first kappa shape index (κ1) is 18.7. The summed E-state index contributed by atoms with van der Waals surface area (Å²) in [5.74, 6) is 0.661. The van der Waals surface area contributed by atoms with Crippen LogP contribution in [0.25, 0.3) is 0 Å². The summed E-state index contributed by atoms with van der Waals surface area (Å²) in [6, 6.07) is 8.70. The summed E-state index contributed by atoms with van der Waals surface area (Å²) in [6.45, 7) is 6.56. The van der Waals surface area contributed by atoms with E-state index in [9.17, 15) is 4.39 Å². The number of anilines is 1. The van der Waals surface area contributed by atoms with Crippen molar-refractivity contribution in [1.29, 1.82) is 0 Å². The zero-order valence-electron chi connectivity index (χ0n) is 15.8. The number of aliphatic imine (C=N–C) groups is 1. The molecule has 0 radical (unpaired) electrons. The Hall–Kier alpha value is -2.07. The van der Waals surface area contributed by atoms with Crippen molar-refractivity contribution in [3.8, 4) is 5.75 Å². The molecule has 0 amide bonds. The average molecular weight is 375 g/mol. The largest absolute Gasteiger partial charge is 0.494 e. The predicted octanol–water partition coefficient (Wildman–Crippen LogP) is 5.96. The van der Waals surface area contributed by atoms with Gasteiger partial charge in [-0.15, -0.1) is 0 Å². The number of hydrogen-bond donors (Lipinski definition) is 0. The Kier molecular flexibility index (Phi) is 4.98. The molecule has 0 N–H and O–H groups in total. The molecule has 2 aromatic carbocycles. The molecule has 3 nitrogen and oxygen atoms in total. The number of methoxy groups -OCH3 is 1. The van der Waals surface area contributed by atoms with E-state index in [1.165, 1.54) is 6.21 Å². The zero-order valence-corrected chi connectivity index (χ0v) is 16.6. The Bertz CT molecular complexity index is 863. The Balaban J connectivity index is 2.01. The minimum Gasteiger partial charge on any atom is -0.494 e. The van der Waals surface area contributed by atoms with E-state index in [1.54, 1.807) is 31.4 Å². The van der Waals surface area contributed by atoms with Crippen LogP contribution in [0.4, 0.5) is 15.8 Å². The lowest BCUT2D eigenvalue weighted by Gasteiger charge is -2.45. The smallest absolute Gasteiger partial charge is 0.144 e. The molecule has 0 saturated carbocycles. The molecule has 0 saturated heterocycles. The molecule has 3 rings (SSSR count). The molecule has 0 fully saturated rings. The van der Waals surface area contributed by atoms with E-state index >= 15 is 0 Å². The highest BCUT2D eigenvalue weighted by molar-refractivity contribution is 6.30. The van der Waals surface area contributed by atoms with Crippen molar-refractivity contribution in [1.82, 2.24) is 0 Å². The third-order valence-electron chi connectivity index (χ3n) is 5.24. The molecule has 138 valence electrons. The highest BCUT2D eigenvalue weighted by Gasteiger charge is 2.34. The van der Waals surface area contributed by atoms with Gasteiger partial charge in [-0.1, -0.05) is 18.5 Å². The zero-order chi connectivity index (χ0) is 19.1. The lowest BCUT2D eigenvalue weighted by atomic mass is 9.80. The number of fused-ring (bicyclic) bond motifs is 1. The molecule has 1 unspecified atom stereocenters. The SMILES string of the molecule is COc1ccc(Cl)cc1N=Cc1cc2c(cc1F)N(C)C(C)(C)CC2C. The van der Waals surface area contributed by atoms with Crippen molar-refractivity contribution in [2.45, 2.75) is 38.6 Å². The maximum Gasteiger partial charge on any atom is 0.144 e. The van der Waals surface area contributed by atoms with Gasteiger partial charge in [0.15, 0.2) is 0 Å². The van der Waals surface area contributed by atoms with Crippen LogP contribution in [0.3, 0.4) is 0 Å². The van der Waals surface area contributed by atoms with Gasteiger partial charge in [0.25, 0.3) is 0 Å². The number of benzene rings is 2. The van der Waals surface area contributed by atoms with Gasteiger partial charge in [0.1, 0.15) is 17.3 Å². The second-order valence-electron chi connectivity index (χ2n) is 7.48. The summed E-state index contributed by atoms with van der Waals surface area (Å²) in [4.78, 5) is 6.56. The maximum atomic E-state index is 14.7. The quantitative estimate of drug-likeness (QED) is 0.619. The Labute approximate surface area is 159 Å². The standard InChI is InChI=1S/C21H24ClFN2O/c1-13-11-21(2,3)25(4)19-10-17(23)14(8-16(13)19)12-24-18-9-15(22)6-7-20(18)26-5/h6-10,12-13H,11H2,1-5H3. The van der Waals surface area contributed by atoms with Crippen LogP contribution in [0.1, 0.15) is 44.2 Å². The summed E-state index contributed by atoms with van der Waals surface area (Å²) < 4.78 is 20.0. The van der Waals surface area contributed by atoms with E-state index in [1.807, 2.05) is 13.1 Å². The molecule has 5 heteroatoms. The number of ether oxygens (including phenoxy) is 1. The number of halogens is 2. The second kappa shape index (κ2) is 6.92. The topological polar surface area (TPSA) is 24.8 Å². The predicted molar refractivity (Wildman–Crippen MR) is 107 cm³/mol. The number of rotatable bonds is 3. The van der Waals surface area contributed by atoms with Gasteiger partial charge < -0.3 is 9.64 Å². The number of nitrogens with zero attached hydrogens (tertiary/aromatic N) is 2. The molecule has 0 aromatic heterocycles. The fraction of sp³-hybridized carbons (Fsp3) is 0.381. The van der Waals surface area contributed by atoms with Crippen molar-refractivity contribution in [2.75, 3.05) is 19.1 Å². The monoisotopic (exact) mass is 374 g/mol. The summed E-state index contributed by atoms with van der Waals surface area (Å²) >= 11 is 6.03. The minimum atomic E-state index is -0.287. The van der Waals surface area contributed by atoms with Crippen LogP contribution in [-0.2, 0) is 0 Å². The molecular formula is C21H24ClFN2O. The maximum absolute atomic E-state index is 14.7. The Morgan fingerprint density at radius 3 is 2.73 bits per heavy atom. The molecule has 1 atom stereocenters. The van der Waals surface area contributed by atoms with Gasteiger partial charge in [0.05, 0.1) is 7.11 Å². The van der Waals surface area contributed by atoms with E-state index in [0.29, 0.717) is 27.9 Å². The molecular weight excluding hydrogens is 351 g/mol. The first-order valence-electron chi connectivity index (χ1n) is 8.68. The normalized spacial score (nSPS) is 18.9. The van der Waals surface area contributed by atoms with Crippen molar-refractivity contribution in [3.05, 3.63) is 52.3 Å². The van der Waals surface area contributed by atoms with Crippen LogP contribution in [0.2, 0.25) is 5.02 Å². The fourth-order valence-corrected chi connectivity index (χ4v) is 3.77. The number of hydrogen-bond acceptors (Lipinski definition) is 3. The van der Waals surface area contributed by atoms with E-state index in [2.05, 4.69) is 30.7 Å². The Morgan fingerprint density at radius 2 is 2.04 bits per heavy atom. The second-order valence-corrected chi connectivity index (χ2v) is 7.92. The van der Waals surface area contributed by atoms with E-state index in [0.717, 1.165) is 17.7 Å². The van der Waals surface area contributed by atoms with Crippen LogP contribution in [-0.4, -0.2) is 25.9 Å². The van der Waals surface area contributed by atoms with Gasteiger partial charge in [-0.25, -0.2) is 4.39 Å². The van der Waals surface area contributed by atoms with Gasteiger partial charge in [-0.05, 0) is 62.1 Å². The minimum absolute atomic E-state index is 0.00260. The van der Waals surface area contributed by atoms with Gasteiger partial charge in [0, 0.05) is 35.1 Å². The van der Waals surface area contributed by atoms with Gasteiger partial charge in [-0.2, -0.15) is 0 Å². The van der Waals surface area contributed by atoms with Crippen LogP contribution in [0, 0.1) is 5.82 Å². The van der Waals surface area contributed by atoms with Crippen LogP contribution in [0.5, 0.6) is 5.75 Å². The lowest BCUT2D eigenvalue weighted by Crippen LogP contribution is -2.45. The first-order valence-corrected chi connectivity index (χ1v) is 9.05. The van der Waals surface area contributed by atoms with Gasteiger partial charge in [-0.3, -0.25) is 4.99 Å². The molecule has 0 bridgehead atoms. The summed E-state index contributed by atoms with van der Waals surface area (Å²) in [5.41, 5.74) is 3.13. The summed E-state index contributed by atoms with van der Waals surface area (Å²) in [6.07, 6.45) is 2.55. The van der Waals surface area contributed by atoms with Crippen molar-refractivity contribution in [3.63, 3.8) is 0 Å². The van der Waals surface area contributed by atoms with Gasteiger partial charge in [0.2, 0.25) is 0 Å². The Morgan fingerprint density at radius 1 is 1.31 bits per heavy atom. The molecule has 1 heterocycles. The molecule has 26 heavy (non-hydrogen) atoms. The van der Waals surface area contributed by atoms with Crippen molar-refractivity contribution >= 4 is 29.2 Å². The third-order valence-corrected chi connectivity index (χ3v) is 5.47. The highest BCUT2D eigenvalue weighted by Crippen LogP contribution is 2.43. The molecule has 1 aliphatic rings. The first-order chi connectivity index (χ1) is 12.2. The van der Waals surface area contributed by atoms with Crippen LogP contribution in [0.15, 0.2) is 35.3 Å². The van der Waals surface area contributed by atoms with Gasteiger partial charge >= 0.3 is 0 Å². The van der Waals surface area contributed by atoms with E-state index < -0.39 is 0 Å². The summed E-state index contributed by atoms with van der Waals surface area (Å²) in [5, 5.41) is 0.557. The average Bonchev–Trinajstić information content (AvgIpc) is 2.58. The van der Waals surface area contributed by atoms with Crippen LogP contribution >= 0.6 is 11.6 Å². The van der Waals surface area contributed by atoms with E-state index in [4.69, 9.17) is 16.3 Å². The molecule has 2 aromatic rings.